The summed E-state index contributed by atoms with van der Waals surface area (Å²) < 4.78 is 3.94. The summed E-state index contributed by atoms with van der Waals surface area (Å²) in [4.78, 5) is 15.5. The van der Waals surface area contributed by atoms with Crippen LogP contribution in [-0.2, 0) is 0 Å². The van der Waals surface area contributed by atoms with Crippen molar-refractivity contribution in [2.75, 3.05) is 0 Å². The number of carbonyl (C=O) groups excluding carboxylic acids is 1. The van der Waals surface area contributed by atoms with Crippen molar-refractivity contribution in [3.05, 3.63) is 46.2 Å². The van der Waals surface area contributed by atoms with Crippen LogP contribution in [-0.4, -0.2) is 15.1 Å². The molecule has 0 amide bonds. The van der Waals surface area contributed by atoms with Gasteiger partial charge in [-0.05, 0) is 23.7 Å². The van der Waals surface area contributed by atoms with E-state index in [0.29, 0.717) is 16.3 Å². The van der Waals surface area contributed by atoms with E-state index in [4.69, 9.17) is 11.6 Å². The quantitative estimate of drug-likeness (QED) is 0.736. The third kappa shape index (κ3) is 1.81. The maximum atomic E-state index is 11.7. The van der Waals surface area contributed by atoms with Crippen molar-refractivity contribution in [2.24, 2.45) is 0 Å². The zero-order chi connectivity index (χ0) is 9.97. The predicted molar refractivity (Wildman–Crippen MR) is 54.8 cm³/mol. The zero-order valence-corrected chi connectivity index (χ0v) is 8.55. The monoisotopic (exact) mass is 224 g/mol. The molecule has 0 spiro atoms. The molecule has 0 atom stereocenters. The summed E-state index contributed by atoms with van der Waals surface area (Å²) in [5.41, 5.74) is 0.891. The molecule has 0 bridgehead atoms. The Morgan fingerprint density at radius 3 is 2.93 bits per heavy atom. The standard InChI is InChI=1S/C9H5ClN2OS/c10-7-3-6(4-11-5-7)9(13)8-1-2-14-12-8/h1-5H. The predicted octanol–water partition coefficient (Wildman–Crippen LogP) is 2.42. The van der Waals surface area contributed by atoms with Gasteiger partial charge in [0.2, 0.25) is 5.78 Å². The van der Waals surface area contributed by atoms with Crippen LogP contribution in [0.4, 0.5) is 0 Å². The minimum Gasteiger partial charge on any atom is -0.287 e. The average molecular weight is 225 g/mol. The van der Waals surface area contributed by atoms with Crippen LogP contribution >= 0.6 is 23.1 Å². The molecule has 0 saturated heterocycles. The van der Waals surface area contributed by atoms with Crippen LogP contribution in [0.1, 0.15) is 16.1 Å². The van der Waals surface area contributed by atoms with E-state index < -0.39 is 0 Å². The Labute approximate surface area is 89.5 Å². The topological polar surface area (TPSA) is 42.9 Å². The van der Waals surface area contributed by atoms with E-state index in [1.54, 1.807) is 17.5 Å². The highest BCUT2D eigenvalue weighted by atomic mass is 35.5. The van der Waals surface area contributed by atoms with Gasteiger partial charge in [0.25, 0.3) is 0 Å². The van der Waals surface area contributed by atoms with Crippen LogP contribution < -0.4 is 0 Å². The van der Waals surface area contributed by atoms with Crippen molar-refractivity contribution in [3.63, 3.8) is 0 Å². The fraction of sp³-hybridized carbons (Fsp3) is 0. The Bertz CT molecular complexity index is 456. The second-order valence-corrected chi connectivity index (χ2v) is 3.71. The van der Waals surface area contributed by atoms with Gasteiger partial charge >= 0.3 is 0 Å². The van der Waals surface area contributed by atoms with Crippen LogP contribution in [0.3, 0.4) is 0 Å². The Morgan fingerprint density at radius 1 is 1.43 bits per heavy atom. The minimum absolute atomic E-state index is 0.152. The number of pyridine rings is 1. The summed E-state index contributed by atoms with van der Waals surface area (Å²) in [6.07, 6.45) is 2.97. The lowest BCUT2D eigenvalue weighted by molar-refractivity contribution is 0.103. The first-order valence-corrected chi connectivity index (χ1v) is 5.04. The molecule has 14 heavy (non-hydrogen) atoms. The Kier molecular flexibility index (Phi) is 2.56. The van der Waals surface area contributed by atoms with Gasteiger partial charge in [-0.25, -0.2) is 0 Å². The molecule has 2 aromatic rings. The molecule has 0 aliphatic heterocycles. The molecule has 2 rings (SSSR count). The third-order valence-electron chi connectivity index (χ3n) is 1.64. The van der Waals surface area contributed by atoms with E-state index in [2.05, 4.69) is 9.36 Å². The highest BCUT2D eigenvalue weighted by molar-refractivity contribution is 7.03. The van der Waals surface area contributed by atoms with Gasteiger partial charge in [-0.1, -0.05) is 11.6 Å². The van der Waals surface area contributed by atoms with E-state index in [1.165, 1.54) is 23.9 Å². The average Bonchev–Trinajstić information content (AvgIpc) is 2.69. The van der Waals surface area contributed by atoms with E-state index in [-0.39, 0.29) is 5.78 Å². The smallest absolute Gasteiger partial charge is 0.214 e. The lowest BCUT2D eigenvalue weighted by Crippen LogP contribution is -2.01. The fourth-order valence-electron chi connectivity index (χ4n) is 1.01. The number of carbonyl (C=O) groups is 1. The van der Waals surface area contributed by atoms with Gasteiger partial charge in [-0.3, -0.25) is 9.78 Å². The molecule has 3 nitrogen and oxygen atoms in total. The summed E-state index contributed by atoms with van der Waals surface area (Å²) in [5, 5.41) is 2.21. The highest BCUT2D eigenvalue weighted by Crippen LogP contribution is 2.12. The van der Waals surface area contributed by atoms with Gasteiger partial charge in [0.05, 0.1) is 5.02 Å². The number of ketones is 1. The van der Waals surface area contributed by atoms with Crippen LogP contribution in [0.5, 0.6) is 0 Å². The summed E-state index contributed by atoms with van der Waals surface area (Å²) in [6, 6.07) is 3.25. The summed E-state index contributed by atoms with van der Waals surface area (Å²) in [7, 11) is 0. The van der Waals surface area contributed by atoms with Gasteiger partial charge in [0, 0.05) is 23.3 Å². The summed E-state index contributed by atoms with van der Waals surface area (Å²) in [5.74, 6) is -0.152. The molecule has 0 N–H and O–H groups in total. The number of hydrogen-bond donors (Lipinski definition) is 0. The maximum Gasteiger partial charge on any atom is 0.214 e. The van der Waals surface area contributed by atoms with Crippen molar-refractivity contribution in [1.29, 1.82) is 0 Å². The van der Waals surface area contributed by atoms with Gasteiger partial charge in [0.15, 0.2) is 0 Å². The molecule has 0 radical (unpaired) electrons. The van der Waals surface area contributed by atoms with Gasteiger partial charge in [-0.2, -0.15) is 4.37 Å². The van der Waals surface area contributed by atoms with Crippen molar-refractivity contribution in [2.45, 2.75) is 0 Å². The van der Waals surface area contributed by atoms with E-state index >= 15 is 0 Å². The lowest BCUT2D eigenvalue weighted by Gasteiger charge is -1.96. The van der Waals surface area contributed by atoms with Crippen molar-refractivity contribution in [1.82, 2.24) is 9.36 Å². The molecule has 0 fully saturated rings. The maximum absolute atomic E-state index is 11.7. The summed E-state index contributed by atoms with van der Waals surface area (Å²) >= 11 is 6.96. The van der Waals surface area contributed by atoms with Gasteiger partial charge in [-0.15, -0.1) is 0 Å². The van der Waals surface area contributed by atoms with E-state index in [0.717, 1.165) is 0 Å². The molecular weight excluding hydrogens is 220 g/mol. The number of aromatic nitrogens is 2. The van der Waals surface area contributed by atoms with Crippen LogP contribution in [0, 0.1) is 0 Å². The lowest BCUT2D eigenvalue weighted by atomic mass is 10.1. The molecule has 0 aromatic carbocycles. The molecule has 5 heteroatoms. The first-order valence-electron chi connectivity index (χ1n) is 3.83. The minimum atomic E-state index is -0.152. The second-order valence-electron chi connectivity index (χ2n) is 2.61. The normalized spacial score (nSPS) is 10.1. The Hall–Kier alpha value is -1.26. The molecule has 2 aromatic heterocycles. The highest BCUT2D eigenvalue weighted by Gasteiger charge is 2.11. The van der Waals surface area contributed by atoms with Crippen molar-refractivity contribution in [3.8, 4) is 0 Å². The molecule has 0 unspecified atom stereocenters. The Balaban J connectivity index is 2.37. The van der Waals surface area contributed by atoms with Crippen molar-refractivity contribution >= 4 is 28.9 Å². The van der Waals surface area contributed by atoms with Crippen LogP contribution in [0.15, 0.2) is 29.9 Å². The molecular formula is C9H5ClN2OS. The third-order valence-corrected chi connectivity index (χ3v) is 2.40. The number of nitrogens with zero attached hydrogens (tertiary/aromatic N) is 2. The first kappa shape index (κ1) is 9.30. The molecule has 0 aliphatic carbocycles. The van der Waals surface area contributed by atoms with E-state index in [1.807, 2.05) is 0 Å². The summed E-state index contributed by atoms with van der Waals surface area (Å²) in [6.45, 7) is 0. The molecule has 0 aliphatic rings. The number of hydrogen-bond acceptors (Lipinski definition) is 4. The largest absolute Gasteiger partial charge is 0.287 e. The number of rotatable bonds is 2. The molecule has 0 saturated carbocycles. The fourth-order valence-corrected chi connectivity index (χ4v) is 1.70. The Morgan fingerprint density at radius 2 is 2.29 bits per heavy atom. The van der Waals surface area contributed by atoms with Crippen LogP contribution in [0.25, 0.3) is 0 Å². The zero-order valence-electron chi connectivity index (χ0n) is 6.98. The van der Waals surface area contributed by atoms with Crippen molar-refractivity contribution < 1.29 is 4.79 Å². The molecule has 70 valence electrons. The number of halogens is 1. The van der Waals surface area contributed by atoms with Crippen LogP contribution in [0.2, 0.25) is 5.02 Å². The molecule has 2 heterocycles. The van der Waals surface area contributed by atoms with Gasteiger partial charge in [0.1, 0.15) is 5.69 Å². The first-order chi connectivity index (χ1) is 6.77. The SMILES string of the molecule is O=C(c1cncc(Cl)c1)c1ccsn1. The second kappa shape index (κ2) is 3.86. The van der Waals surface area contributed by atoms with E-state index in [9.17, 15) is 4.79 Å². The van der Waals surface area contributed by atoms with Gasteiger partial charge < -0.3 is 0 Å².